The van der Waals surface area contributed by atoms with Gasteiger partial charge in [0.2, 0.25) is 0 Å². The van der Waals surface area contributed by atoms with Gasteiger partial charge in [0.15, 0.2) is 0 Å². The molecule has 2 nitrogen and oxygen atoms in total. The van der Waals surface area contributed by atoms with Gasteiger partial charge >= 0.3 is 0 Å². The molecule has 2 heteroatoms. The highest BCUT2D eigenvalue weighted by molar-refractivity contribution is 5.37. The zero-order valence-corrected chi connectivity index (χ0v) is 16.9. The molecule has 0 saturated carbocycles. The number of unbranched alkanes of at least 4 members (excludes halogenated alkanes) is 9. The molecule has 0 unspecified atom stereocenters. The Morgan fingerprint density at radius 1 is 0.556 bits per heavy atom. The van der Waals surface area contributed by atoms with Crippen molar-refractivity contribution in [2.45, 2.75) is 83.5 Å². The summed E-state index contributed by atoms with van der Waals surface area (Å²) in [5.41, 5.74) is 2.46. The van der Waals surface area contributed by atoms with Crippen LogP contribution < -0.4 is 0 Å². The molecule has 0 aliphatic carbocycles. The van der Waals surface area contributed by atoms with Gasteiger partial charge in [-0.15, -0.1) is 0 Å². The molecule has 0 radical (unpaired) electrons. The van der Waals surface area contributed by atoms with Gasteiger partial charge < -0.3 is 10.2 Å². The molecule has 0 bridgehead atoms. The van der Waals surface area contributed by atoms with Crippen LogP contribution in [0.1, 0.15) is 94.6 Å². The van der Waals surface area contributed by atoms with Gasteiger partial charge in [-0.2, -0.15) is 0 Å². The summed E-state index contributed by atoms with van der Waals surface area (Å²) >= 11 is 0. The van der Waals surface area contributed by atoms with E-state index in [0.717, 1.165) is 6.42 Å². The first-order valence-corrected chi connectivity index (χ1v) is 10.8. The van der Waals surface area contributed by atoms with E-state index in [4.69, 9.17) is 0 Å². The summed E-state index contributed by atoms with van der Waals surface area (Å²) in [6.45, 7) is 2.27. The van der Waals surface area contributed by atoms with Crippen molar-refractivity contribution in [1.29, 1.82) is 0 Å². The summed E-state index contributed by atoms with van der Waals surface area (Å²) in [5.74, 6) is 0.935. The van der Waals surface area contributed by atoms with Crippen LogP contribution in [-0.2, 0) is 0 Å². The smallest absolute Gasteiger partial charge is 0.115 e. The van der Waals surface area contributed by atoms with Crippen molar-refractivity contribution in [2.24, 2.45) is 0 Å². The molecule has 2 N–H and O–H groups in total. The number of phenols is 2. The average Bonchev–Trinajstić information content (AvgIpc) is 2.68. The van der Waals surface area contributed by atoms with E-state index in [-0.39, 0.29) is 0 Å². The minimum absolute atomic E-state index is 0.308. The van der Waals surface area contributed by atoms with E-state index in [1.54, 1.807) is 24.3 Å². The SMILES string of the molecule is CCCCCCCCCCCCC(c1ccc(O)cc1)c1ccc(O)cc1. The summed E-state index contributed by atoms with van der Waals surface area (Å²) < 4.78 is 0. The number of hydrogen-bond donors (Lipinski definition) is 2. The Bertz CT molecular complexity index is 570. The molecule has 148 valence electrons. The van der Waals surface area contributed by atoms with Crippen LogP contribution in [-0.4, -0.2) is 10.2 Å². The van der Waals surface area contributed by atoms with Crippen LogP contribution in [0.15, 0.2) is 48.5 Å². The van der Waals surface area contributed by atoms with E-state index >= 15 is 0 Å². The molecule has 0 heterocycles. The molecule has 2 rings (SSSR count). The van der Waals surface area contributed by atoms with Gasteiger partial charge in [0.1, 0.15) is 11.5 Å². The Hall–Kier alpha value is -1.96. The molecule has 0 amide bonds. The van der Waals surface area contributed by atoms with E-state index in [1.807, 2.05) is 24.3 Å². The Balaban J connectivity index is 1.78. The van der Waals surface area contributed by atoms with Gasteiger partial charge in [0, 0.05) is 5.92 Å². The van der Waals surface area contributed by atoms with Crippen LogP contribution in [0.4, 0.5) is 0 Å². The van der Waals surface area contributed by atoms with Gasteiger partial charge in [0.05, 0.1) is 0 Å². The quantitative estimate of drug-likeness (QED) is 0.358. The van der Waals surface area contributed by atoms with Crippen molar-refractivity contribution < 1.29 is 10.2 Å². The van der Waals surface area contributed by atoms with Gasteiger partial charge in [0.25, 0.3) is 0 Å². The van der Waals surface area contributed by atoms with Crippen LogP contribution in [0.5, 0.6) is 11.5 Å². The summed E-state index contributed by atoms with van der Waals surface area (Å²) in [7, 11) is 0. The first-order chi connectivity index (χ1) is 13.2. The van der Waals surface area contributed by atoms with E-state index in [1.165, 1.54) is 75.3 Å². The number of rotatable bonds is 13. The highest BCUT2D eigenvalue weighted by Crippen LogP contribution is 2.32. The summed E-state index contributed by atoms with van der Waals surface area (Å²) in [6, 6.07) is 15.1. The molecule has 2 aromatic carbocycles. The molecule has 0 spiro atoms. The largest absolute Gasteiger partial charge is 0.508 e. The molecule has 0 fully saturated rings. The topological polar surface area (TPSA) is 40.5 Å². The second kappa shape index (κ2) is 12.4. The average molecular weight is 369 g/mol. The lowest BCUT2D eigenvalue weighted by molar-refractivity contribution is 0.474. The third-order valence-electron chi connectivity index (χ3n) is 5.44. The molecular formula is C25H36O2. The highest BCUT2D eigenvalue weighted by atomic mass is 16.3. The molecule has 0 atom stereocenters. The van der Waals surface area contributed by atoms with Crippen LogP contribution in [0.3, 0.4) is 0 Å². The van der Waals surface area contributed by atoms with Gasteiger partial charge in [-0.25, -0.2) is 0 Å². The maximum absolute atomic E-state index is 9.58. The van der Waals surface area contributed by atoms with E-state index in [0.29, 0.717) is 17.4 Å². The fraction of sp³-hybridized carbons (Fsp3) is 0.520. The van der Waals surface area contributed by atoms with Crippen LogP contribution >= 0.6 is 0 Å². The monoisotopic (exact) mass is 368 g/mol. The third-order valence-corrected chi connectivity index (χ3v) is 5.44. The number of hydrogen-bond acceptors (Lipinski definition) is 2. The fourth-order valence-electron chi connectivity index (χ4n) is 3.77. The molecule has 0 aliphatic rings. The number of aromatic hydroxyl groups is 2. The van der Waals surface area contributed by atoms with Crippen molar-refractivity contribution in [3.8, 4) is 11.5 Å². The van der Waals surface area contributed by atoms with Crippen molar-refractivity contribution in [3.05, 3.63) is 59.7 Å². The first kappa shape index (κ1) is 21.3. The second-order valence-electron chi connectivity index (χ2n) is 7.71. The predicted molar refractivity (Wildman–Crippen MR) is 115 cm³/mol. The van der Waals surface area contributed by atoms with Gasteiger partial charge in [-0.05, 0) is 41.8 Å². The highest BCUT2D eigenvalue weighted by Gasteiger charge is 2.14. The lowest BCUT2D eigenvalue weighted by atomic mass is 9.86. The molecule has 2 aromatic rings. The molecule has 0 aromatic heterocycles. The molecular weight excluding hydrogens is 332 g/mol. The van der Waals surface area contributed by atoms with E-state index in [9.17, 15) is 10.2 Å². The van der Waals surface area contributed by atoms with Crippen molar-refractivity contribution in [2.75, 3.05) is 0 Å². The molecule has 0 saturated heterocycles. The lowest BCUT2D eigenvalue weighted by Gasteiger charge is -2.18. The van der Waals surface area contributed by atoms with Crippen LogP contribution in [0.25, 0.3) is 0 Å². The summed E-state index contributed by atoms with van der Waals surface area (Å²) in [6.07, 6.45) is 14.6. The molecule has 27 heavy (non-hydrogen) atoms. The van der Waals surface area contributed by atoms with Crippen LogP contribution in [0, 0.1) is 0 Å². The number of phenolic OH excluding ortho intramolecular Hbond substituents is 2. The standard InChI is InChI=1S/C25H36O2/c1-2-3-4-5-6-7-8-9-10-11-12-25(21-13-17-23(26)18-14-21)22-15-19-24(27)20-16-22/h13-20,25-27H,2-12H2,1H3. The van der Waals surface area contributed by atoms with Gasteiger partial charge in [-0.3, -0.25) is 0 Å². The zero-order chi connectivity index (χ0) is 19.3. The summed E-state index contributed by atoms with van der Waals surface area (Å²) in [5, 5.41) is 19.2. The fourth-order valence-corrected chi connectivity index (χ4v) is 3.77. The lowest BCUT2D eigenvalue weighted by Crippen LogP contribution is -2.01. The van der Waals surface area contributed by atoms with Crippen molar-refractivity contribution in [1.82, 2.24) is 0 Å². The predicted octanol–water partition coefficient (Wildman–Crippen LogP) is 7.54. The Labute approximate surface area is 165 Å². The second-order valence-corrected chi connectivity index (χ2v) is 7.71. The molecule has 0 aliphatic heterocycles. The Morgan fingerprint density at radius 2 is 0.926 bits per heavy atom. The van der Waals surface area contributed by atoms with Crippen LogP contribution in [0.2, 0.25) is 0 Å². The van der Waals surface area contributed by atoms with Crippen molar-refractivity contribution in [3.63, 3.8) is 0 Å². The zero-order valence-electron chi connectivity index (χ0n) is 16.9. The van der Waals surface area contributed by atoms with E-state index in [2.05, 4.69) is 6.92 Å². The van der Waals surface area contributed by atoms with Crippen molar-refractivity contribution >= 4 is 0 Å². The summed E-state index contributed by atoms with van der Waals surface area (Å²) in [4.78, 5) is 0. The number of benzene rings is 2. The Kier molecular flexibility index (Phi) is 9.83. The minimum atomic E-state index is 0.308. The Morgan fingerprint density at radius 3 is 1.33 bits per heavy atom. The maximum Gasteiger partial charge on any atom is 0.115 e. The van der Waals surface area contributed by atoms with E-state index < -0.39 is 0 Å². The normalized spacial score (nSPS) is 11.2. The minimum Gasteiger partial charge on any atom is -0.508 e. The maximum atomic E-state index is 9.58. The first-order valence-electron chi connectivity index (χ1n) is 10.8. The van der Waals surface area contributed by atoms with Gasteiger partial charge in [-0.1, -0.05) is 95.4 Å². The third kappa shape index (κ3) is 8.07.